The molecule has 0 aliphatic heterocycles. The van der Waals surface area contributed by atoms with E-state index in [0.29, 0.717) is 5.75 Å². The second kappa shape index (κ2) is 14.6. The van der Waals surface area contributed by atoms with E-state index in [-0.39, 0.29) is 67.8 Å². The van der Waals surface area contributed by atoms with E-state index in [1.54, 1.807) is 12.1 Å². The maximum Gasteiger partial charge on any atom is 1.00 e. The summed E-state index contributed by atoms with van der Waals surface area (Å²) in [6.07, 6.45) is 12.0. The number of ether oxygens (including phenoxy) is 1. The molecule has 30 heavy (non-hydrogen) atoms. The molecule has 0 bridgehead atoms. The molecule has 2 rings (SSSR count). The second-order valence-electron chi connectivity index (χ2n) is 7.44. The third-order valence-corrected chi connectivity index (χ3v) is 5.70. The first-order chi connectivity index (χ1) is 13.9. The fourth-order valence-corrected chi connectivity index (χ4v) is 3.82. The van der Waals surface area contributed by atoms with Crippen molar-refractivity contribution in [1.29, 1.82) is 0 Å². The summed E-state index contributed by atoms with van der Waals surface area (Å²) in [7, 11) is -4.30. The summed E-state index contributed by atoms with van der Waals surface area (Å²) in [5.41, 5.74) is 0.918. The molecule has 1 N–H and O–H groups in total. The Morgan fingerprint density at radius 3 is 2.13 bits per heavy atom. The Morgan fingerprint density at radius 1 is 0.867 bits per heavy atom. The Labute approximate surface area is 223 Å². The molecule has 0 fully saturated rings. The van der Waals surface area contributed by atoms with Gasteiger partial charge in [-0.15, -0.1) is 5.75 Å². The van der Waals surface area contributed by atoms with Gasteiger partial charge >= 0.3 is 51.4 Å². The molecular formula is C23H31KO5S. The molecule has 7 heteroatoms. The van der Waals surface area contributed by atoms with Crippen molar-refractivity contribution in [2.24, 2.45) is 0 Å². The number of hydrogen-bond donors (Lipinski definition) is 1. The smallest absolute Gasteiger partial charge is 0.872 e. The van der Waals surface area contributed by atoms with Crippen molar-refractivity contribution in [3.05, 3.63) is 48.0 Å². The molecule has 0 heterocycles. The third kappa shape index (κ3) is 10.8. The minimum Gasteiger partial charge on any atom is -0.872 e. The van der Waals surface area contributed by atoms with E-state index in [2.05, 4.69) is 6.92 Å². The van der Waals surface area contributed by atoms with Crippen LogP contribution in [0.1, 0.15) is 70.3 Å². The third-order valence-electron chi connectivity index (χ3n) is 4.85. The molecule has 2 aromatic rings. The zero-order chi connectivity index (χ0) is 21.1. The molecular weight excluding hydrogens is 427 g/mol. The number of unbranched alkanes of at least 4 members (excludes halogenated alkanes) is 8. The van der Waals surface area contributed by atoms with Crippen molar-refractivity contribution >= 4 is 10.1 Å². The van der Waals surface area contributed by atoms with Crippen LogP contribution in [0.15, 0.2) is 47.4 Å². The average Bonchev–Trinajstić information content (AvgIpc) is 2.66. The Kier molecular flexibility index (Phi) is 13.5. The van der Waals surface area contributed by atoms with Crippen LogP contribution in [-0.2, 0) is 16.5 Å². The quantitative estimate of drug-likeness (QED) is 0.283. The normalized spacial score (nSPS) is 11.1. The molecule has 0 aliphatic carbocycles. The van der Waals surface area contributed by atoms with E-state index in [1.807, 2.05) is 6.07 Å². The molecule has 0 amide bonds. The molecule has 0 aliphatic rings. The molecule has 5 nitrogen and oxygen atoms in total. The number of benzene rings is 2. The van der Waals surface area contributed by atoms with E-state index < -0.39 is 10.1 Å². The van der Waals surface area contributed by atoms with Crippen molar-refractivity contribution in [2.45, 2.75) is 76.0 Å². The van der Waals surface area contributed by atoms with Crippen LogP contribution in [0.2, 0.25) is 0 Å². The van der Waals surface area contributed by atoms with Crippen LogP contribution >= 0.6 is 0 Å². The fourth-order valence-electron chi connectivity index (χ4n) is 3.31. The standard InChI is InChI=1S/C23H32O5S.K/c1-2-3-4-5-6-7-8-9-10-12-19-15-20(24)17-22(16-19)28-21-13-11-14-23(18-21)29(25,26)27;/h11,13-18,24H,2-10,12H2,1H3,(H,25,26,27);/q;+1/p-1. The largest absolute Gasteiger partial charge is 1.00 e. The Balaban J connectivity index is 0.00000450. The van der Waals surface area contributed by atoms with E-state index in [1.165, 1.54) is 69.2 Å². The molecule has 2 aromatic carbocycles. The van der Waals surface area contributed by atoms with Crippen molar-refractivity contribution in [3.8, 4) is 17.2 Å². The molecule has 0 spiro atoms. The van der Waals surface area contributed by atoms with Crippen LogP contribution in [0, 0.1) is 0 Å². The molecule has 0 aromatic heterocycles. The molecule has 160 valence electrons. The van der Waals surface area contributed by atoms with Crippen LogP contribution in [-0.4, -0.2) is 13.0 Å². The molecule has 0 radical (unpaired) electrons. The van der Waals surface area contributed by atoms with Gasteiger partial charge in [0, 0.05) is 6.07 Å². The van der Waals surface area contributed by atoms with Crippen molar-refractivity contribution in [3.63, 3.8) is 0 Å². The van der Waals surface area contributed by atoms with Gasteiger partial charge in [-0.05, 0) is 42.7 Å². The van der Waals surface area contributed by atoms with Crippen LogP contribution in [0.3, 0.4) is 0 Å². The fraction of sp³-hybridized carbons (Fsp3) is 0.478. The first-order valence-corrected chi connectivity index (χ1v) is 11.9. The van der Waals surface area contributed by atoms with Crippen LogP contribution in [0.25, 0.3) is 0 Å². The predicted octanol–water partition coefficient (Wildman–Crippen LogP) is 2.88. The van der Waals surface area contributed by atoms with Gasteiger partial charge < -0.3 is 9.84 Å². The first kappa shape index (κ1) is 27.6. The number of rotatable bonds is 13. The predicted molar refractivity (Wildman–Crippen MR) is 113 cm³/mol. The van der Waals surface area contributed by atoms with Gasteiger partial charge in [0.25, 0.3) is 10.1 Å². The van der Waals surface area contributed by atoms with Crippen LogP contribution in [0.4, 0.5) is 0 Å². The van der Waals surface area contributed by atoms with Gasteiger partial charge in [0.15, 0.2) is 0 Å². The first-order valence-electron chi connectivity index (χ1n) is 10.4. The minimum atomic E-state index is -4.30. The molecule has 0 unspecified atom stereocenters. The second-order valence-corrected chi connectivity index (χ2v) is 8.86. The summed E-state index contributed by atoms with van der Waals surface area (Å²) >= 11 is 0. The maximum absolute atomic E-state index is 12.0. The van der Waals surface area contributed by atoms with Gasteiger partial charge in [0.05, 0.1) is 4.90 Å². The summed E-state index contributed by atoms with van der Waals surface area (Å²) in [6.45, 7) is 2.23. The van der Waals surface area contributed by atoms with Crippen molar-refractivity contribution in [1.82, 2.24) is 0 Å². The topological polar surface area (TPSA) is 86.7 Å². The Bertz CT molecular complexity index is 868. The molecule has 0 atom stereocenters. The summed E-state index contributed by atoms with van der Waals surface area (Å²) in [4.78, 5) is -0.247. The zero-order valence-corrected chi connectivity index (χ0v) is 22.0. The number of aryl methyl sites for hydroxylation is 1. The summed E-state index contributed by atoms with van der Waals surface area (Å²) in [5, 5.41) is 12.0. The van der Waals surface area contributed by atoms with Gasteiger partial charge in [0.1, 0.15) is 11.5 Å². The molecule has 0 saturated carbocycles. The summed E-state index contributed by atoms with van der Waals surface area (Å²) < 4.78 is 37.3. The van der Waals surface area contributed by atoms with Crippen LogP contribution < -0.4 is 61.2 Å². The monoisotopic (exact) mass is 458 g/mol. The average molecular weight is 459 g/mol. The molecule has 0 saturated heterocycles. The van der Waals surface area contributed by atoms with E-state index in [9.17, 15) is 13.5 Å². The minimum absolute atomic E-state index is 0. The Morgan fingerprint density at radius 2 is 1.50 bits per heavy atom. The van der Waals surface area contributed by atoms with Crippen molar-refractivity contribution < 1.29 is 74.2 Å². The van der Waals surface area contributed by atoms with Gasteiger partial charge in [-0.1, -0.05) is 70.4 Å². The van der Waals surface area contributed by atoms with Gasteiger partial charge in [-0.25, -0.2) is 0 Å². The van der Waals surface area contributed by atoms with Gasteiger partial charge in [0.2, 0.25) is 0 Å². The van der Waals surface area contributed by atoms with E-state index in [0.717, 1.165) is 24.8 Å². The zero-order valence-electron chi connectivity index (χ0n) is 18.1. The van der Waals surface area contributed by atoms with Crippen molar-refractivity contribution in [2.75, 3.05) is 0 Å². The SMILES string of the molecule is CCCCCCCCCCCc1cc([O-])cc(Oc2cccc(S(=O)(=O)O)c2)c1.[K+]. The van der Waals surface area contributed by atoms with Gasteiger partial charge in [-0.3, -0.25) is 4.55 Å². The summed E-state index contributed by atoms with van der Waals surface area (Å²) in [6, 6.07) is 10.4. The Hall–Kier alpha value is -0.414. The summed E-state index contributed by atoms with van der Waals surface area (Å²) in [5.74, 6) is 0.481. The van der Waals surface area contributed by atoms with Gasteiger partial charge in [-0.2, -0.15) is 8.42 Å². The van der Waals surface area contributed by atoms with E-state index in [4.69, 9.17) is 9.29 Å². The maximum atomic E-state index is 12.0. The van der Waals surface area contributed by atoms with E-state index >= 15 is 0 Å². The number of hydrogen-bond acceptors (Lipinski definition) is 4. The van der Waals surface area contributed by atoms with Crippen LogP contribution in [0.5, 0.6) is 17.2 Å².